The van der Waals surface area contributed by atoms with Crippen LogP contribution in [-0.4, -0.2) is 19.7 Å². The molecule has 1 aromatic carbocycles. The summed E-state index contributed by atoms with van der Waals surface area (Å²) in [6, 6.07) is 10.4. The summed E-state index contributed by atoms with van der Waals surface area (Å²) in [5, 5.41) is 5.30. The van der Waals surface area contributed by atoms with Crippen molar-refractivity contribution in [3.63, 3.8) is 0 Å². The molecule has 3 aromatic heterocycles. The number of hydrogen-bond donors (Lipinski definition) is 1. The minimum absolute atomic E-state index is 0.250. The molecule has 0 radical (unpaired) electrons. The normalized spacial score (nSPS) is 11.1. The molecule has 4 nitrogen and oxygen atoms in total. The molecule has 0 spiro atoms. The van der Waals surface area contributed by atoms with Crippen molar-refractivity contribution in [3.05, 3.63) is 67.0 Å². The van der Waals surface area contributed by atoms with Gasteiger partial charge >= 0.3 is 0 Å². The lowest BCUT2D eigenvalue weighted by Crippen LogP contribution is -1.95. The van der Waals surface area contributed by atoms with E-state index in [4.69, 9.17) is 0 Å². The van der Waals surface area contributed by atoms with Crippen molar-refractivity contribution in [3.8, 4) is 16.9 Å². The molecule has 4 rings (SSSR count). The van der Waals surface area contributed by atoms with E-state index >= 15 is 0 Å². The van der Waals surface area contributed by atoms with Gasteiger partial charge in [0.2, 0.25) is 0 Å². The highest BCUT2D eigenvalue weighted by Crippen LogP contribution is 2.29. The summed E-state index contributed by atoms with van der Waals surface area (Å²) in [5.74, 6) is 0.509. The fraction of sp³-hybridized carbons (Fsp3) is 0. The van der Waals surface area contributed by atoms with E-state index in [1.807, 2.05) is 30.6 Å². The Morgan fingerprint density at radius 3 is 2.95 bits per heavy atom. The quantitative estimate of drug-likeness (QED) is 0.609. The van der Waals surface area contributed by atoms with Crippen molar-refractivity contribution < 1.29 is 4.39 Å². The lowest BCUT2D eigenvalue weighted by molar-refractivity contribution is 0.629. The number of H-pyrrole nitrogens is 1. The van der Waals surface area contributed by atoms with Gasteiger partial charge in [0.15, 0.2) is 5.82 Å². The van der Waals surface area contributed by atoms with Crippen LogP contribution in [-0.2, 0) is 0 Å². The average Bonchev–Trinajstić information content (AvgIpc) is 3.13. The molecule has 0 fully saturated rings. The van der Waals surface area contributed by atoms with Gasteiger partial charge in [-0.25, -0.2) is 14.1 Å². The molecule has 3 heterocycles. The number of rotatable bonds is 2. The van der Waals surface area contributed by atoms with Crippen LogP contribution in [0.5, 0.6) is 0 Å². The fourth-order valence-corrected chi connectivity index (χ4v) is 2.41. The van der Waals surface area contributed by atoms with E-state index in [9.17, 15) is 4.39 Å². The van der Waals surface area contributed by atoms with E-state index < -0.39 is 0 Å². The number of hydrogen-bond acceptors (Lipinski definition) is 2. The molecule has 0 aliphatic heterocycles. The van der Waals surface area contributed by atoms with E-state index in [2.05, 4.69) is 15.1 Å². The van der Waals surface area contributed by atoms with E-state index in [1.165, 1.54) is 12.1 Å². The molecule has 0 aliphatic rings. The molecule has 0 saturated heterocycles. The number of pyridine rings is 1. The Kier molecular flexibility index (Phi) is 2.57. The van der Waals surface area contributed by atoms with Crippen molar-refractivity contribution in [2.75, 3.05) is 0 Å². The molecule has 0 unspecified atom stereocenters. The Labute approximate surface area is 119 Å². The minimum atomic E-state index is -0.250. The summed E-state index contributed by atoms with van der Waals surface area (Å²) < 4.78 is 14.9. The summed E-state index contributed by atoms with van der Waals surface area (Å²) in [6.07, 6.45) is 7.28. The maximum atomic E-state index is 13.2. The van der Waals surface area contributed by atoms with Gasteiger partial charge in [-0.2, -0.15) is 5.10 Å². The minimum Gasteiger partial charge on any atom is -0.360 e. The van der Waals surface area contributed by atoms with Crippen molar-refractivity contribution in [2.24, 2.45) is 0 Å². The monoisotopic (exact) mass is 278 g/mol. The molecule has 0 amide bonds. The van der Waals surface area contributed by atoms with Crippen molar-refractivity contribution in [1.29, 1.82) is 0 Å². The number of aromatic amines is 1. The SMILES string of the molecule is Fc1ccc2c(-c3cnn(-c4ccccn4)c3)c[nH]c2c1. The van der Waals surface area contributed by atoms with Crippen molar-refractivity contribution >= 4 is 10.9 Å². The highest BCUT2D eigenvalue weighted by atomic mass is 19.1. The lowest BCUT2D eigenvalue weighted by Gasteiger charge is -1.98. The lowest BCUT2D eigenvalue weighted by atomic mass is 10.1. The highest BCUT2D eigenvalue weighted by Gasteiger charge is 2.09. The summed E-state index contributed by atoms with van der Waals surface area (Å²) in [5.41, 5.74) is 2.72. The van der Waals surface area contributed by atoms with Crippen LogP contribution in [0.25, 0.3) is 27.8 Å². The van der Waals surface area contributed by atoms with Crippen LogP contribution in [0.1, 0.15) is 0 Å². The van der Waals surface area contributed by atoms with Gasteiger partial charge in [-0.3, -0.25) is 0 Å². The summed E-state index contributed by atoms with van der Waals surface area (Å²) >= 11 is 0. The van der Waals surface area contributed by atoms with Gasteiger partial charge < -0.3 is 4.98 Å². The summed E-state index contributed by atoms with van der Waals surface area (Å²) in [7, 11) is 0. The van der Waals surface area contributed by atoms with Crippen LogP contribution < -0.4 is 0 Å². The molecule has 102 valence electrons. The second-order valence-corrected chi connectivity index (χ2v) is 4.75. The summed E-state index contributed by atoms with van der Waals surface area (Å²) in [4.78, 5) is 7.34. The van der Waals surface area contributed by atoms with Gasteiger partial charge in [0.1, 0.15) is 5.82 Å². The Balaban J connectivity index is 1.81. The Morgan fingerprint density at radius 1 is 1.14 bits per heavy atom. The third kappa shape index (κ3) is 1.99. The topological polar surface area (TPSA) is 46.5 Å². The van der Waals surface area contributed by atoms with E-state index in [-0.39, 0.29) is 5.82 Å². The first kappa shape index (κ1) is 11.8. The van der Waals surface area contributed by atoms with Crippen LogP contribution in [0.4, 0.5) is 4.39 Å². The third-order valence-corrected chi connectivity index (χ3v) is 3.42. The zero-order valence-corrected chi connectivity index (χ0v) is 11.0. The molecule has 0 aliphatic carbocycles. The largest absolute Gasteiger partial charge is 0.360 e. The number of halogens is 1. The smallest absolute Gasteiger partial charge is 0.153 e. The Bertz CT molecular complexity index is 908. The first-order chi connectivity index (χ1) is 10.3. The molecular formula is C16H11FN4. The van der Waals surface area contributed by atoms with Crippen molar-refractivity contribution in [2.45, 2.75) is 0 Å². The van der Waals surface area contributed by atoms with Crippen LogP contribution in [0.15, 0.2) is 61.2 Å². The molecule has 21 heavy (non-hydrogen) atoms. The van der Waals surface area contributed by atoms with Gasteiger partial charge in [-0.1, -0.05) is 6.07 Å². The number of fused-ring (bicyclic) bond motifs is 1. The maximum Gasteiger partial charge on any atom is 0.153 e. The van der Waals surface area contributed by atoms with Crippen molar-refractivity contribution in [1.82, 2.24) is 19.7 Å². The van der Waals surface area contributed by atoms with Gasteiger partial charge in [0.05, 0.1) is 6.20 Å². The first-order valence-electron chi connectivity index (χ1n) is 6.54. The number of nitrogens with one attached hydrogen (secondary N) is 1. The molecule has 0 atom stereocenters. The molecule has 0 bridgehead atoms. The molecular weight excluding hydrogens is 267 g/mol. The van der Waals surface area contributed by atoms with E-state index in [0.717, 1.165) is 27.8 Å². The predicted octanol–water partition coefficient (Wildman–Crippen LogP) is 3.55. The molecule has 5 heteroatoms. The zero-order chi connectivity index (χ0) is 14.2. The number of nitrogens with zero attached hydrogens (tertiary/aromatic N) is 3. The zero-order valence-electron chi connectivity index (χ0n) is 11.0. The molecule has 4 aromatic rings. The molecule has 0 saturated carbocycles. The van der Waals surface area contributed by atoms with Gasteiger partial charge in [0, 0.05) is 40.6 Å². The Morgan fingerprint density at radius 2 is 2.10 bits per heavy atom. The standard InChI is InChI=1S/C16H11FN4/c17-12-4-5-13-14(9-19-15(13)7-12)11-8-20-21(10-11)16-3-1-2-6-18-16/h1-10,19H. The third-order valence-electron chi connectivity index (χ3n) is 3.42. The maximum absolute atomic E-state index is 13.2. The second kappa shape index (κ2) is 4.56. The summed E-state index contributed by atoms with van der Waals surface area (Å²) in [6.45, 7) is 0. The Hall–Kier alpha value is -2.95. The molecule has 1 N–H and O–H groups in total. The number of aromatic nitrogens is 4. The van der Waals surface area contributed by atoms with Gasteiger partial charge in [-0.15, -0.1) is 0 Å². The highest BCUT2D eigenvalue weighted by molar-refractivity contribution is 5.95. The predicted molar refractivity (Wildman–Crippen MR) is 78.6 cm³/mol. The van der Waals surface area contributed by atoms with E-state index in [0.29, 0.717) is 0 Å². The fourth-order valence-electron chi connectivity index (χ4n) is 2.41. The second-order valence-electron chi connectivity index (χ2n) is 4.75. The van der Waals surface area contributed by atoms with Gasteiger partial charge in [-0.05, 0) is 30.3 Å². The van der Waals surface area contributed by atoms with Crippen LogP contribution in [0.3, 0.4) is 0 Å². The van der Waals surface area contributed by atoms with Crippen LogP contribution in [0.2, 0.25) is 0 Å². The van der Waals surface area contributed by atoms with Crippen LogP contribution in [0, 0.1) is 5.82 Å². The van der Waals surface area contributed by atoms with Crippen LogP contribution >= 0.6 is 0 Å². The first-order valence-corrected chi connectivity index (χ1v) is 6.54. The number of benzene rings is 1. The van der Waals surface area contributed by atoms with E-state index in [1.54, 1.807) is 23.1 Å². The average molecular weight is 278 g/mol. The van der Waals surface area contributed by atoms with Gasteiger partial charge in [0.25, 0.3) is 0 Å².